The van der Waals surface area contributed by atoms with Crippen LogP contribution in [0.4, 0.5) is 0 Å². The lowest BCUT2D eigenvalue weighted by Crippen LogP contribution is -2.27. The van der Waals surface area contributed by atoms with Crippen molar-refractivity contribution < 1.29 is 9.53 Å². The summed E-state index contributed by atoms with van der Waals surface area (Å²) in [6.45, 7) is 7.69. The molecule has 0 aromatic rings. The van der Waals surface area contributed by atoms with Crippen LogP contribution in [0.3, 0.4) is 0 Å². The summed E-state index contributed by atoms with van der Waals surface area (Å²) in [6, 6.07) is 0. The molecule has 1 atom stereocenters. The Morgan fingerprint density at radius 3 is 2.25 bits per heavy atom. The topological polar surface area (TPSA) is 26.3 Å². The fourth-order valence-electron chi connectivity index (χ4n) is 1.42. The highest BCUT2D eigenvalue weighted by molar-refractivity contribution is 9.09. The van der Waals surface area contributed by atoms with Crippen molar-refractivity contribution in [1.82, 2.24) is 0 Å². The second-order valence-corrected chi connectivity index (χ2v) is 6.12. The number of alkyl halides is 1. The van der Waals surface area contributed by atoms with Crippen molar-refractivity contribution in [2.75, 3.05) is 5.33 Å². The summed E-state index contributed by atoms with van der Waals surface area (Å²) in [7, 11) is 0. The average molecular weight is 293 g/mol. The minimum absolute atomic E-state index is 0.0307. The van der Waals surface area contributed by atoms with Gasteiger partial charge in [0.05, 0.1) is 5.92 Å². The van der Waals surface area contributed by atoms with Gasteiger partial charge in [0.1, 0.15) is 5.60 Å². The maximum Gasteiger partial charge on any atom is 0.309 e. The van der Waals surface area contributed by atoms with Gasteiger partial charge in [0, 0.05) is 5.33 Å². The zero-order chi connectivity index (χ0) is 12.6. The Labute approximate surface area is 108 Å². The molecule has 0 spiro atoms. The summed E-state index contributed by atoms with van der Waals surface area (Å²) >= 11 is 3.41. The molecule has 96 valence electrons. The van der Waals surface area contributed by atoms with Gasteiger partial charge in [-0.1, -0.05) is 42.1 Å². The molecule has 0 radical (unpaired) electrons. The van der Waals surface area contributed by atoms with E-state index in [2.05, 4.69) is 15.9 Å². The van der Waals surface area contributed by atoms with Crippen LogP contribution in [0.5, 0.6) is 0 Å². The van der Waals surface area contributed by atoms with Gasteiger partial charge in [-0.15, -0.1) is 0 Å². The summed E-state index contributed by atoms with van der Waals surface area (Å²) in [6.07, 6.45) is 5.73. The Kier molecular flexibility index (Phi) is 8.08. The normalized spacial score (nSPS) is 13.6. The van der Waals surface area contributed by atoms with E-state index in [0.717, 1.165) is 18.2 Å². The van der Waals surface area contributed by atoms with Gasteiger partial charge >= 0.3 is 5.97 Å². The number of hydrogen-bond donors (Lipinski definition) is 0. The molecular formula is C13H25BrO2. The number of unbranched alkanes of at least 4 members (excludes halogenated alkanes) is 3. The Morgan fingerprint density at radius 2 is 1.75 bits per heavy atom. The first-order valence-electron chi connectivity index (χ1n) is 6.15. The molecule has 0 heterocycles. The number of halogens is 1. The summed E-state index contributed by atoms with van der Waals surface area (Å²) in [5.41, 5.74) is -0.360. The predicted molar refractivity (Wildman–Crippen MR) is 71.9 cm³/mol. The lowest BCUT2D eigenvalue weighted by Gasteiger charge is -2.22. The Hall–Kier alpha value is -0.0500. The van der Waals surface area contributed by atoms with E-state index in [0.29, 0.717) is 0 Å². The maximum absolute atomic E-state index is 11.6. The standard InChI is InChI=1S/C13H25BrO2/c1-11(9-7-5-6-8-10-14)12(15)16-13(2,3)4/h11H,5-10H2,1-4H3. The molecule has 0 fully saturated rings. The van der Waals surface area contributed by atoms with Crippen molar-refractivity contribution in [3.63, 3.8) is 0 Å². The molecule has 3 heteroatoms. The van der Waals surface area contributed by atoms with Crippen molar-refractivity contribution in [2.24, 2.45) is 5.92 Å². The SMILES string of the molecule is CC(CCCCCCBr)C(=O)OC(C)(C)C. The quantitative estimate of drug-likeness (QED) is 0.397. The zero-order valence-corrected chi connectivity index (χ0v) is 12.6. The molecule has 0 aromatic heterocycles. The van der Waals surface area contributed by atoms with Crippen LogP contribution in [0.1, 0.15) is 59.8 Å². The zero-order valence-electron chi connectivity index (χ0n) is 11.0. The van der Waals surface area contributed by atoms with Crippen LogP contribution in [-0.4, -0.2) is 16.9 Å². The minimum Gasteiger partial charge on any atom is -0.460 e. The third-order valence-corrected chi connectivity index (χ3v) is 2.89. The van der Waals surface area contributed by atoms with E-state index >= 15 is 0 Å². The van der Waals surface area contributed by atoms with Gasteiger partial charge in [-0.3, -0.25) is 4.79 Å². The fraction of sp³-hybridized carbons (Fsp3) is 0.923. The molecule has 0 aliphatic heterocycles. The van der Waals surface area contributed by atoms with E-state index in [1.54, 1.807) is 0 Å². The molecule has 0 saturated heterocycles. The van der Waals surface area contributed by atoms with Gasteiger partial charge in [-0.25, -0.2) is 0 Å². The molecule has 16 heavy (non-hydrogen) atoms. The summed E-state index contributed by atoms with van der Waals surface area (Å²) in [5.74, 6) is -0.0313. The Balaban J connectivity index is 3.64. The van der Waals surface area contributed by atoms with Gasteiger partial charge in [-0.05, 0) is 33.6 Å². The van der Waals surface area contributed by atoms with Gasteiger partial charge in [-0.2, -0.15) is 0 Å². The molecule has 0 saturated carbocycles. The third kappa shape index (κ3) is 9.20. The molecule has 0 N–H and O–H groups in total. The van der Waals surface area contributed by atoms with Crippen LogP contribution < -0.4 is 0 Å². The summed E-state index contributed by atoms with van der Waals surface area (Å²) in [5, 5.41) is 1.08. The molecule has 0 bridgehead atoms. The largest absolute Gasteiger partial charge is 0.460 e. The molecule has 0 rings (SSSR count). The first-order chi connectivity index (χ1) is 7.37. The number of rotatable bonds is 7. The highest BCUT2D eigenvalue weighted by atomic mass is 79.9. The molecule has 0 aliphatic rings. The maximum atomic E-state index is 11.6. The molecular weight excluding hydrogens is 268 g/mol. The van der Waals surface area contributed by atoms with Crippen molar-refractivity contribution in [3.05, 3.63) is 0 Å². The van der Waals surface area contributed by atoms with E-state index in [-0.39, 0.29) is 17.5 Å². The molecule has 0 aromatic carbocycles. The highest BCUT2D eigenvalue weighted by Crippen LogP contribution is 2.16. The lowest BCUT2D eigenvalue weighted by molar-refractivity contribution is -0.159. The minimum atomic E-state index is -0.360. The Morgan fingerprint density at radius 1 is 1.19 bits per heavy atom. The van der Waals surface area contributed by atoms with Crippen LogP contribution in [-0.2, 0) is 9.53 Å². The number of carbonyl (C=O) groups is 1. The second-order valence-electron chi connectivity index (χ2n) is 5.33. The number of ether oxygens (including phenoxy) is 1. The van der Waals surface area contributed by atoms with Gasteiger partial charge in [0.25, 0.3) is 0 Å². The molecule has 0 amide bonds. The summed E-state index contributed by atoms with van der Waals surface area (Å²) in [4.78, 5) is 11.6. The van der Waals surface area contributed by atoms with E-state index < -0.39 is 0 Å². The molecule has 1 unspecified atom stereocenters. The monoisotopic (exact) mass is 292 g/mol. The van der Waals surface area contributed by atoms with Gasteiger partial charge in [0.15, 0.2) is 0 Å². The lowest BCUT2D eigenvalue weighted by atomic mass is 10.0. The Bertz CT molecular complexity index is 197. The van der Waals surface area contributed by atoms with Gasteiger partial charge in [0.2, 0.25) is 0 Å². The smallest absolute Gasteiger partial charge is 0.309 e. The van der Waals surface area contributed by atoms with Crippen LogP contribution in [0.15, 0.2) is 0 Å². The first-order valence-corrected chi connectivity index (χ1v) is 7.28. The number of hydrogen-bond acceptors (Lipinski definition) is 2. The molecule has 2 nitrogen and oxygen atoms in total. The van der Waals surface area contributed by atoms with Crippen LogP contribution >= 0.6 is 15.9 Å². The van der Waals surface area contributed by atoms with Crippen molar-refractivity contribution in [1.29, 1.82) is 0 Å². The van der Waals surface area contributed by atoms with Crippen LogP contribution in [0, 0.1) is 5.92 Å². The first kappa shape index (κ1) is 16.0. The highest BCUT2D eigenvalue weighted by Gasteiger charge is 2.20. The number of carbonyl (C=O) groups excluding carboxylic acids is 1. The van der Waals surface area contributed by atoms with E-state index in [4.69, 9.17) is 4.74 Å². The summed E-state index contributed by atoms with van der Waals surface area (Å²) < 4.78 is 5.33. The second kappa shape index (κ2) is 8.10. The number of esters is 1. The van der Waals surface area contributed by atoms with E-state index in [9.17, 15) is 4.79 Å². The predicted octanol–water partition coefficient (Wildman–Crippen LogP) is 4.31. The van der Waals surface area contributed by atoms with Crippen LogP contribution in [0.2, 0.25) is 0 Å². The van der Waals surface area contributed by atoms with E-state index in [1.807, 2.05) is 27.7 Å². The van der Waals surface area contributed by atoms with Crippen molar-refractivity contribution in [2.45, 2.75) is 65.4 Å². The van der Waals surface area contributed by atoms with E-state index in [1.165, 1.54) is 19.3 Å². The van der Waals surface area contributed by atoms with Gasteiger partial charge < -0.3 is 4.74 Å². The van der Waals surface area contributed by atoms with Crippen molar-refractivity contribution >= 4 is 21.9 Å². The van der Waals surface area contributed by atoms with Crippen molar-refractivity contribution in [3.8, 4) is 0 Å². The van der Waals surface area contributed by atoms with Crippen LogP contribution in [0.25, 0.3) is 0 Å². The average Bonchev–Trinajstić information content (AvgIpc) is 2.14. The third-order valence-electron chi connectivity index (χ3n) is 2.33. The molecule has 0 aliphatic carbocycles. The fourth-order valence-corrected chi connectivity index (χ4v) is 1.82.